The molecule has 2 heterocycles. The van der Waals surface area contributed by atoms with Crippen molar-refractivity contribution in [2.45, 2.75) is 25.7 Å². The van der Waals surface area contributed by atoms with Crippen LogP contribution < -0.4 is 30.7 Å². The summed E-state index contributed by atoms with van der Waals surface area (Å²) >= 11 is 12.4. The summed E-state index contributed by atoms with van der Waals surface area (Å²) in [6, 6.07) is 23.8. The Morgan fingerprint density at radius 2 is 1.12 bits per heavy atom. The molecule has 10 heteroatoms. The number of pyridine rings is 2. The SMILES string of the molecule is COc1ccc2nc3cc(Cl)ccc3c(NCCCNCCCCNCCCNc3c(OC)ccc4nc5cc(Cl)ccc5cc34)c2c1. The average molecular weight is 686 g/mol. The Kier molecular flexibility index (Phi) is 11.5. The van der Waals surface area contributed by atoms with Crippen LogP contribution in [0.25, 0.3) is 43.6 Å². The van der Waals surface area contributed by atoms with E-state index in [1.54, 1.807) is 14.2 Å². The van der Waals surface area contributed by atoms with Crippen molar-refractivity contribution in [3.63, 3.8) is 0 Å². The first-order valence-electron chi connectivity index (χ1n) is 16.6. The van der Waals surface area contributed by atoms with Crippen LogP contribution in [0.2, 0.25) is 10.0 Å². The number of unbranched alkanes of at least 4 members (excludes halogenated alkanes) is 1. The van der Waals surface area contributed by atoms with Gasteiger partial charge in [0.2, 0.25) is 0 Å². The number of halogens is 2. The quantitative estimate of drug-likeness (QED) is 0.0560. The van der Waals surface area contributed by atoms with Gasteiger partial charge in [-0.2, -0.15) is 0 Å². The maximum Gasteiger partial charge on any atom is 0.142 e. The maximum absolute atomic E-state index is 6.27. The second-order valence-corrected chi connectivity index (χ2v) is 12.7. The van der Waals surface area contributed by atoms with Gasteiger partial charge in [-0.05, 0) is 119 Å². The van der Waals surface area contributed by atoms with Crippen LogP contribution in [-0.4, -0.2) is 63.5 Å². The maximum atomic E-state index is 6.27. The summed E-state index contributed by atoms with van der Waals surface area (Å²) in [5.74, 6) is 1.63. The lowest BCUT2D eigenvalue weighted by Crippen LogP contribution is -2.22. The van der Waals surface area contributed by atoms with Crippen molar-refractivity contribution in [3.05, 3.63) is 82.8 Å². The second kappa shape index (κ2) is 16.3. The molecule has 6 aromatic rings. The average Bonchev–Trinajstić information content (AvgIpc) is 3.10. The minimum absolute atomic E-state index is 0.682. The summed E-state index contributed by atoms with van der Waals surface area (Å²) in [5.41, 5.74) is 5.65. The number of hydrogen-bond acceptors (Lipinski definition) is 8. The first kappa shape index (κ1) is 33.8. The van der Waals surface area contributed by atoms with Crippen molar-refractivity contribution in [1.29, 1.82) is 0 Å². The van der Waals surface area contributed by atoms with Gasteiger partial charge in [0.1, 0.15) is 11.5 Å². The molecule has 0 aliphatic heterocycles. The van der Waals surface area contributed by atoms with Gasteiger partial charge in [-0.3, -0.25) is 0 Å². The van der Waals surface area contributed by atoms with E-state index in [0.717, 1.165) is 131 Å². The van der Waals surface area contributed by atoms with Crippen molar-refractivity contribution in [2.24, 2.45) is 0 Å². The fourth-order valence-corrected chi connectivity index (χ4v) is 6.36. The van der Waals surface area contributed by atoms with Gasteiger partial charge in [0, 0.05) is 44.7 Å². The third kappa shape index (κ3) is 8.13. The van der Waals surface area contributed by atoms with Crippen LogP contribution in [0.15, 0.2) is 72.8 Å². The van der Waals surface area contributed by atoms with Crippen LogP contribution >= 0.6 is 23.2 Å². The molecule has 0 radical (unpaired) electrons. The lowest BCUT2D eigenvalue weighted by molar-refractivity contribution is 0.415. The summed E-state index contributed by atoms with van der Waals surface area (Å²) in [5, 5.41) is 20.0. The number of nitrogens with one attached hydrogen (secondary N) is 4. The zero-order valence-corrected chi connectivity index (χ0v) is 29.0. The minimum Gasteiger partial charge on any atom is -0.497 e. The molecule has 4 N–H and O–H groups in total. The molecule has 0 atom stereocenters. The number of aromatic nitrogens is 2. The molecule has 48 heavy (non-hydrogen) atoms. The smallest absolute Gasteiger partial charge is 0.142 e. The van der Waals surface area contributed by atoms with Crippen molar-refractivity contribution in [2.75, 3.05) is 64.1 Å². The Balaban J connectivity index is 0.877. The van der Waals surface area contributed by atoms with E-state index < -0.39 is 0 Å². The standard InChI is InChI=1S/C38H42Cl2N6O2/c1-47-28-10-12-32-31(24-28)37(29-11-9-27(40)23-35(29)46-32)43-19-5-17-41-15-3-4-16-42-18-6-20-44-38-30-21-25-7-8-26(39)22-34(25)45-33(30)13-14-36(38)48-2/h7-14,21-24,41-42,44H,3-6,15-20H2,1-2H3,(H,43,46). The lowest BCUT2D eigenvalue weighted by Gasteiger charge is -2.15. The lowest BCUT2D eigenvalue weighted by atomic mass is 10.1. The van der Waals surface area contributed by atoms with E-state index in [1.807, 2.05) is 66.7 Å². The molecule has 0 saturated heterocycles. The first-order chi connectivity index (χ1) is 23.5. The van der Waals surface area contributed by atoms with Gasteiger partial charge in [-0.1, -0.05) is 29.3 Å². The number of nitrogens with zero attached hydrogens (tertiary/aromatic N) is 2. The second-order valence-electron chi connectivity index (χ2n) is 11.8. The molecule has 250 valence electrons. The summed E-state index contributed by atoms with van der Waals surface area (Å²) in [7, 11) is 3.39. The van der Waals surface area contributed by atoms with Gasteiger partial charge in [-0.15, -0.1) is 0 Å². The summed E-state index contributed by atoms with van der Waals surface area (Å²) < 4.78 is 11.1. The molecular formula is C38H42Cl2N6O2. The Morgan fingerprint density at radius 1 is 0.521 bits per heavy atom. The molecule has 6 rings (SSSR count). The number of hydrogen-bond donors (Lipinski definition) is 4. The fraction of sp³-hybridized carbons (Fsp3) is 0.316. The highest BCUT2D eigenvalue weighted by molar-refractivity contribution is 6.31. The molecule has 0 aliphatic carbocycles. The fourth-order valence-electron chi connectivity index (χ4n) is 6.02. The predicted octanol–water partition coefficient (Wildman–Crippen LogP) is 8.68. The van der Waals surface area contributed by atoms with Crippen LogP contribution in [0.3, 0.4) is 0 Å². The highest BCUT2D eigenvalue weighted by Crippen LogP contribution is 2.36. The molecule has 0 aliphatic rings. The highest BCUT2D eigenvalue weighted by atomic mass is 35.5. The Labute approximate surface area is 291 Å². The van der Waals surface area contributed by atoms with Gasteiger partial charge in [0.05, 0.1) is 47.7 Å². The number of anilines is 2. The Morgan fingerprint density at radius 3 is 1.83 bits per heavy atom. The molecule has 0 unspecified atom stereocenters. The third-order valence-corrected chi connectivity index (χ3v) is 8.97. The normalized spacial score (nSPS) is 11.5. The van der Waals surface area contributed by atoms with E-state index in [2.05, 4.69) is 27.3 Å². The van der Waals surface area contributed by atoms with Gasteiger partial charge in [-0.25, -0.2) is 9.97 Å². The molecule has 0 saturated carbocycles. The molecule has 0 fully saturated rings. The Hall–Kier alpha value is -4.08. The van der Waals surface area contributed by atoms with Gasteiger partial charge < -0.3 is 30.7 Å². The summed E-state index contributed by atoms with van der Waals surface area (Å²) in [4.78, 5) is 9.64. The van der Waals surface area contributed by atoms with E-state index in [0.29, 0.717) is 10.0 Å². The number of rotatable bonds is 17. The van der Waals surface area contributed by atoms with Crippen LogP contribution in [0.5, 0.6) is 11.5 Å². The molecule has 8 nitrogen and oxygen atoms in total. The monoisotopic (exact) mass is 684 g/mol. The summed E-state index contributed by atoms with van der Waals surface area (Å²) in [6.45, 7) is 5.62. The van der Waals surface area contributed by atoms with E-state index in [1.165, 1.54) is 0 Å². The van der Waals surface area contributed by atoms with E-state index in [4.69, 9.17) is 42.6 Å². The zero-order valence-electron chi connectivity index (χ0n) is 27.5. The molecule has 0 spiro atoms. The van der Waals surface area contributed by atoms with Crippen LogP contribution in [0, 0.1) is 0 Å². The van der Waals surface area contributed by atoms with Crippen LogP contribution in [0.1, 0.15) is 25.7 Å². The van der Waals surface area contributed by atoms with Crippen molar-refractivity contribution >= 4 is 78.2 Å². The summed E-state index contributed by atoms with van der Waals surface area (Å²) in [6.07, 6.45) is 4.29. The molecular weight excluding hydrogens is 643 g/mol. The number of methoxy groups -OCH3 is 2. The zero-order chi connectivity index (χ0) is 33.3. The van der Waals surface area contributed by atoms with Crippen LogP contribution in [0.4, 0.5) is 11.4 Å². The topological polar surface area (TPSA) is 92.4 Å². The minimum atomic E-state index is 0.682. The predicted molar refractivity (Wildman–Crippen MR) is 203 cm³/mol. The highest BCUT2D eigenvalue weighted by Gasteiger charge is 2.12. The van der Waals surface area contributed by atoms with E-state index >= 15 is 0 Å². The molecule has 4 aromatic carbocycles. The van der Waals surface area contributed by atoms with Crippen molar-refractivity contribution in [1.82, 2.24) is 20.6 Å². The number of benzene rings is 4. The largest absolute Gasteiger partial charge is 0.497 e. The van der Waals surface area contributed by atoms with Crippen molar-refractivity contribution < 1.29 is 9.47 Å². The molecule has 2 aromatic heterocycles. The number of ether oxygens (including phenoxy) is 2. The molecule has 0 bridgehead atoms. The number of fused-ring (bicyclic) bond motifs is 4. The molecule has 0 amide bonds. The van der Waals surface area contributed by atoms with Gasteiger partial charge >= 0.3 is 0 Å². The van der Waals surface area contributed by atoms with Gasteiger partial charge in [0.25, 0.3) is 0 Å². The van der Waals surface area contributed by atoms with E-state index in [-0.39, 0.29) is 0 Å². The first-order valence-corrected chi connectivity index (χ1v) is 17.3. The third-order valence-electron chi connectivity index (χ3n) is 8.50. The van der Waals surface area contributed by atoms with Gasteiger partial charge in [0.15, 0.2) is 0 Å². The van der Waals surface area contributed by atoms with E-state index in [9.17, 15) is 0 Å². The Bertz CT molecular complexity index is 2020. The van der Waals surface area contributed by atoms with Crippen LogP contribution in [-0.2, 0) is 0 Å². The van der Waals surface area contributed by atoms with Crippen molar-refractivity contribution in [3.8, 4) is 11.5 Å².